The summed E-state index contributed by atoms with van der Waals surface area (Å²) < 4.78 is 57.1. The zero-order chi connectivity index (χ0) is 29.4. The first-order valence-electron chi connectivity index (χ1n) is 13.3. The molecule has 1 saturated carbocycles. The minimum absolute atomic E-state index is 0.0216. The Hall–Kier alpha value is -2.36. The van der Waals surface area contributed by atoms with Crippen LogP contribution in [0.15, 0.2) is 61.7 Å². The Morgan fingerprint density at radius 1 is 1.18 bits per heavy atom. The Bertz CT molecular complexity index is 999. The lowest BCUT2D eigenvalue weighted by Crippen LogP contribution is -2.45. The predicted molar refractivity (Wildman–Crippen MR) is 150 cm³/mol. The van der Waals surface area contributed by atoms with E-state index in [0.717, 1.165) is 12.1 Å². The molecule has 1 aromatic rings. The Kier molecular flexibility index (Phi) is 11.6. The molecule has 5 nitrogen and oxygen atoms in total. The smallest absolute Gasteiger partial charge is 0.416 e. The van der Waals surface area contributed by atoms with Gasteiger partial charge in [0.15, 0.2) is 8.32 Å². The summed E-state index contributed by atoms with van der Waals surface area (Å²) in [4.78, 5) is 12.5. The van der Waals surface area contributed by atoms with E-state index < -0.39 is 26.2 Å². The van der Waals surface area contributed by atoms with Gasteiger partial charge in [-0.3, -0.25) is 4.79 Å². The maximum Gasteiger partial charge on any atom is 0.416 e. The second kappa shape index (κ2) is 13.8. The fourth-order valence-electron chi connectivity index (χ4n) is 4.37. The number of alkyl halides is 3. The van der Waals surface area contributed by atoms with Crippen LogP contribution in [0.25, 0.3) is 0 Å². The molecule has 0 aliphatic heterocycles. The molecule has 1 aliphatic carbocycles. The molecule has 0 aromatic heterocycles. The lowest BCUT2D eigenvalue weighted by Gasteiger charge is -2.39. The van der Waals surface area contributed by atoms with Gasteiger partial charge in [0, 0.05) is 24.7 Å². The van der Waals surface area contributed by atoms with Crippen LogP contribution in [0.5, 0.6) is 5.75 Å². The van der Waals surface area contributed by atoms with Gasteiger partial charge in [0.25, 0.3) is 0 Å². The first kappa shape index (κ1) is 32.8. The highest BCUT2D eigenvalue weighted by Crippen LogP contribution is 2.45. The third-order valence-corrected chi connectivity index (χ3v) is 12.0. The Morgan fingerprint density at radius 2 is 1.87 bits per heavy atom. The monoisotopic (exact) mass is 568 g/mol. The maximum absolute atomic E-state index is 13.0. The van der Waals surface area contributed by atoms with Gasteiger partial charge in [-0.1, -0.05) is 51.1 Å². The number of ether oxygens (including phenoxy) is 2. The van der Waals surface area contributed by atoms with Crippen molar-refractivity contribution in [1.29, 1.82) is 0 Å². The summed E-state index contributed by atoms with van der Waals surface area (Å²) in [5.74, 6) is -0.539. The normalized spacial score (nSPS) is 23.0. The Balaban J connectivity index is 2.22. The van der Waals surface area contributed by atoms with Crippen LogP contribution in [0.2, 0.25) is 18.1 Å². The SMILES string of the molecule is C=CCCC(=O)O[C@H]1CC(O[Si](C)(C)C(C)(C)C)[C@H](/C=C/[C@@H](O)COc2cccc(C(F)(F)F)c2)[C@H]1CC=C. The molecule has 0 heterocycles. The van der Waals surface area contributed by atoms with Gasteiger partial charge in [-0.2, -0.15) is 13.2 Å². The third kappa shape index (κ3) is 9.65. The van der Waals surface area contributed by atoms with Gasteiger partial charge in [0.1, 0.15) is 24.6 Å². The standard InChI is InChI=1S/C30H43F3O5Si/c1-8-10-15-28(35)37-26-19-27(38-39(6,7)29(3,4)5)25(24(26)12-9-2)17-16-22(34)20-36-23-14-11-13-21(18-23)30(31,32)33/h8-9,11,13-14,16-18,22,24-27,34H,1-2,10,12,15,19-20H2,3-7H3/b17-16+/t22-,24-,25-,26+,27?/m1/s1. The second-order valence-electron chi connectivity index (χ2n) is 11.6. The van der Waals surface area contributed by atoms with E-state index in [-0.39, 0.29) is 53.8 Å². The van der Waals surface area contributed by atoms with Gasteiger partial charge in [-0.15, -0.1) is 13.2 Å². The molecule has 218 valence electrons. The van der Waals surface area contributed by atoms with Crippen LogP contribution in [-0.2, 0) is 20.1 Å². The number of rotatable bonds is 13. The van der Waals surface area contributed by atoms with Crippen LogP contribution in [0.3, 0.4) is 0 Å². The molecule has 39 heavy (non-hydrogen) atoms. The lowest BCUT2D eigenvalue weighted by molar-refractivity contribution is -0.151. The molecule has 0 radical (unpaired) electrons. The summed E-state index contributed by atoms with van der Waals surface area (Å²) in [5.41, 5.74) is -0.817. The number of aliphatic hydroxyl groups is 1. The first-order chi connectivity index (χ1) is 18.1. The van der Waals surface area contributed by atoms with Crippen molar-refractivity contribution in [3.63, 3.8) is 0 Å². The lowest BCUT2D eigenvalue weighted by atomic mass is 9.90. The number of benzene rings is 1. The molecule has 0 saturated heterocycles. The van der Waals surface area contributed by atoms with Gasteiger partial charge in [0.05, 0.1) is 11.7 Å². The topological polar surface area (TPSA) is 65.0 Å². The van der Waals surface area contributed by atoms with Crippen LogP contribution in [0.4, 0.5) is 13.2 Å². The van der Waals surface area contributed by atoms with E-state index in [4.69, 9.17) is 13.9 Å². The van der Waals surface area contributed by atoms with E-state index in [2.05, 4.69) is 47.0 Å². The van der Waals surface area contributed by atoms with E-state index in [1.807, 2.05) is 6.08 Å². The van der Waals surface area contributed by atoms with Gasteiger partial charge >= 0.3 is 12.1 Å². The largest absolute Gasteiger partial charge is 0.491 e. The molecule has 1 unspecified atom stereocenters. The zero-order valence-electron chi connectivity index (χ0n) is 23.7. The van der Waals surface area contributed by atoms with E-state index in [1.165, 1.54) is 12.1 Å². The number of hydrogen-bond acceptors (Lipinski definition) is 5. The summed E-state index contributed by atoms with van der Waals surface area (Å²) in [6.45, 7) is 18.1. The molecular weight excluding hydrogens is 525 g/mol. The highest BCUT2D eigenvalue weighted by molar-refractivity contribution is 6.74. The average Bonchev–Trinajstić information content (AvgIpc) is 3.13. The van der Waals surface area contributed by atoms with Crippen LogP contribution in [0, 0.1) is 11.8 Å². The van der Waals surface area contributed by atoms with Crippen molar-refractivity contribution >= 4 is 14.3 Å². The van der Waals surface area contributed by atoms with Crippen LogP contribution in [-0.4, -0.2) is 44.3 Å². The van der Waals surface area contributed by atoms with E-state index in [1.54, 1.807) is 18.2 Å². The Labute approximate surface area is 231 Å². The van der Waals surface area contributed by atoms with Crippen LogP contribution >= 0.6 is 0 Å². The highest BCUT2D eigenvalue weighted by Gasteiger charge is 2.48. The van der Waals surface area contributed by atoms with Crippen molar-refractivity contribution in [2.45, 2.75) is 89.1 Å². The zero-order valence-corrected chi connectivity index (χ0v) is 24.7. The fraction of sp³-hybridized carbons (Fsp3) is 0.567. The molecule has 0 bridgehead atoms. The van der Waals surface area contributed by atoms with Gasteiger partial charge in [-0.25, -0.2) is 0 Å². The van der Waals surface area contributed by atoms with E-state index in [0.29, 0.717) is 19.3 Å². The Morgan fingerprint density at radius 3 is 2.46 bits per heavy atom. The molecule has 5 atom stereocenters. The quantitative estimate of drug-likeness (QED) is 0.152. The van der Waals surface area contributed by atoms with Crippen molar-refractivity contribution in [2.75, 3.05) is 6.61 Å². The predicted octanol–water partition coefficient (Wildman–Crippen LogP) is 7.48. The van der Waals surface area contributed by atoms with E-state index >= 15 is 0 Å². The van der Waals surface area contributed by atoms with Crippen LogP contribution < -0.4 is 4.74 Å². The summed E-state index contributed by atoms with van der Waals surface area (Å²) in [5, 5.41) is 10.6. The summed E-state index contributed by atoms with van der Waals surface area (Å²) in [7, 11) is -2.18. The van der Waals surface area contributed by atoms with Gasteiger partial charge in [0.2, 0.25) is 0 Å². The molecular formula is C30H43F3O5Si. The molecule has 2 rings (SSSR count). The van der Waals surface area contributed by atoms with Crippen molar-refractivity contribution in [3.05, 3.63) is 67.3 Å². The first-order valence-corrected chi connectivity index (χ1v) is 16.3. The van der Waals surface area contributed by atoms with Crippen LogP contribution in [0.1, 0.15) is 52.0 Å². The number of carbonyl (C=O) groups excluding carboxylic acids is 1. The summed E-state index contributed by atoms with van der Waals surface area (Å²) in [6, 6.07) is 4.54. The van der Waals surface area contributed by atoms with Gasteiger partial charge < -0.3 is 19.0 Å². The summed E-state index contributed by atoms with van der Waals surface area (Å²) >= 11 is 0. The minimum Gasteiger partial charge on any atom is -0.491 e. The molecule has 1 N–H and O–H groups in total. The molecule has 9 heteroatoms. The van der Waals surface area contributed by atoms with Crippen molar-refractivity contribution in [1.82, 2.24) is 0 Å². The van der Waals surface area contributed by atoms with Crippen molar-refractivity contribution in [3.8, 4) is 5.75 Å². The van der Waals surface area contributed by atoms with Crippen molar-refractivity contribution < 1.29 is 37.0 Å². The summed E-state index contributed by atoms with van der Waals surface area (Å²) in [6.07, 6.45) is 2.65. The second-order valence-corrected chi connectivity index (χ2v) is 16.3. The molecule has 0 spiro atoms. The molecule has 1 aliphatic rings. The molecule has 1 aromatic carbocycles. The maximum atomic E-state index is 13.0. The number of allylic oxidation sites excluding steroid dienone is 2. The number of halogens is 3. The highest BCUT2D eigenvalue weighted by atomic mass is 28.4. The van der Waals surface area contributed by atoms with E-state index in [9.17, 15) is 23.1 Å². The minimum atomic E-state index is -4.48. The number of esters is 1. The average molecular weight is 569 g/mol. The number of hydrogen-bond donors (Lipinski definition) is 1. The number of carbonyl (C=O) groups is 1. The molecule has 1 fully saturated rings. The third-order valence-electron chi connectivity index (χ3n) is 7.53. The number of aliphatic hydroxyl groups excluding tert-OH is 1. The van der Waals surface area contributed by atoms with Gasteiger partial charge in [-0.05, 0) is 49.2 Å². The van der Waals surface area contributed by atoms with Crippen molar-refractivity contribution in [2.24, 2.45) is 11.8 Å². The fourth-order valence-corrected chi connectivity index (χ4v) is 5.74. The molecule has 0 amide bonds.